The van der Waals surface area contributed by atoms with E-state index in [2.05, 4.69) is 31.1 Å². The van der Waals surface area contributed by atoms with Crippen molar-refractivity contribution in [1.29, 1.82) is 0 Å². The van der Waals surface area contributed by atoms with Crippen molar-refractivity contribution in [2.75, 3.05) is 29.6 Å². The van der Waals surface area contributed by atoms with Crippen molar-refractivity contribution in [3.05, 3.63) is 74.0 Å². The van der Waals surface area contributed by atoms with Crippen LogP contribution in [0.15, 0.2) is 35.3 Å². The topological polar surface area (TPSA) is 110 Å². The number of fused-ring (bicyclic) bond motifs is 2. The molecule has 6 rings (SSSR count). The molecular weight excluding hydrogens is 584 g/mol. The predicted molar refractivity (Wildman–Crippen MR) is 173 cm³/mol. The highest BCUT2D eigenvalue weighted by Crippen LogP contribution is 2.44. The number of anilines is 2. The van der Waals surface area contributed by atoms with Gasteiger partial charge >= 0.3 is 0 Å². The standard InChI is InChI=1S/C31H37ClN8O2S/c1-18-14-21(19(2)34-23-6-7-25(32)35-27(23)28(41)37-43-5)26-22(15-18)29(42)38(3)30(36-26)40-12-10-31(11-13-40)9-8-24-20(16-31)17-33-39(24)4/h6-7,14-15,17,19,34H,8-13,16H2,1-5H3,(H,37,41). The molecule has 43 heavy (non-hydrogen) atoms. The van der Waals surface area contributed by atoms with Gasteiger partial charge in [-0.15, -0.1) is 0 Å². The highest BCUT2D eigenvalue weighted by molar-refractivity contribution is 7.97. The molecule has 226 valence electrons. The number of piperidine rings is 1. The SMILES string of the molecule is CSNC(=O)c1nc(Cl)ccc1NC(C)c1cc(C)cc2c(=O)n(C)c(N3CCC4(CCc5c(cnn5C)C4)CC3)nc12. The molecule has 4 heterocycles. The minimum atomic E-state index is -0.339. The number of nitrogens with one attached hydrogen (secondary N) is 2. The number of benzene rings is 1. The van der Waals surface area contributed by atoms with E-state index in [0.717, 1.165) is 49.9 Å². The van der Waals surface area contributed by atoms with Crippen LogP contribution in [0.5, 0.6) is 0 Å². The number of nitrogens with zero attached hydrogens (tertiary/aromatic N) is 6. The summed E-state index contributed by atoms with van der Waals surface area (Å²) in [6, 6.07) is 7.08. The number of carbonyl (C=O) groups is 1. The minimum Gasteiger partial charge on any atom is -0.377 e. The van der Waals surface area contributed by atoms with Gasteiger partial charge in [-0.3, -0.25) is 23.6 Å². The van der Waals surface area contributed by atoms with Crippen LogP contribution in [0.4, 0.5) is 11.6 Å². The normalized spacial score (nSPS) is 16.7. The molecule has 1 aliphatic heterocycles. The maximum atomic E-state index is 13.8. The number of pyridine rings is 1. The van der Waals surface area contributed by atoms with Crippen molar-refractivity contribution in [2.45, 2.75) is 52.0 Å². The molecule has 2 aliphatic rings. The summed E-state index contributed by atoms with van der Waals surface area (Å²) in [6.07, 6.45) is 9.22. The van der Waals surface area contributed by atoms with E-state index in [4.69, 9.17) is 16.6 Å². The second kappa shape index (κ2) is 11.5. The lowest BCUT2D eigenvalue weighted by atomic mass is 9.67. The zero-order valence-electron chi connectivity index (χ0n) is 25.2. The van der Waals surface area contributed by atoms with Crippen molar-refractivity contribution in [3.63, 3.8) is 0 Å². The number of aryl methyl sites for hydroxylation is 2. The van der Waals surface area contributed by atoms with Crippen LogP contribution in [-0.2, 0) is 26.9 Å². The summed E-state index contributed by atoms with van der Waals surface area (Å²) in [5.74, 6) is 0.351. The van der Waals surface area contributed by atoms with Crippen LogP contribution in [-0.4, -0.2) is 49.6 Å². The summed E-state index contributed by atoms with van der Waals surface area (Å²) in [7, 11) is 3.85. The molecule has 1 amide bonds. The summed E-state index contributed by atoms with van der Waals surface area (Å²) >= 11 is 7.32. The number of amides is 1. The average Bonchev–Trinajstić information content (AvgIpc) is 3.35. The van der Waals surface area contributed by atoms with Gasteiger partial charge in [0.25, 0.3) is 11.5 Å². The molecule has 1 fully saturated rings. The van der Waals surface area contributed by atoms with E-state index < -0.39 is 0 Å². The molecule has 1 unspecified atom stereocenters. The molecule has 4 aromatic rings. The molecule has 1 spiro atoms. The molecule has 10 nitrogen and oxygen atoms in total. The molecule has 0 radical (unpaired) electrons. The molecule has 12 heteroatoms. The maximum absolute atomic E-state index is 13.8. The second-order valence-corrected chi connectivity index (χ2v) is 13.0. The fourth-order valence-electron chi connectivity index (χ4n) is 6.79. The van der Waals surface area contributed by atoms with Crippen molar-refractivity contribution in [2.24, 2.45) is 19.5 Å². The number of rotatable bonds is 6. The van der Waals surface area contributed by atoms with Gasteiger partial charge in [0.15, 0.2) is 5.69 Å². The Bertz CT molecular complexity index is 1780. The lowest BCUT2D eigenvalue weighted by Crippen LogP contribution is -2.45. The van der Waals surface area contributed by atoms with Crippen LogP contribution in [0.2, 0.25) is 5.15 Å². The summed E-state index contributed by atoms with van der Waals surface area (Å²) < 4.78 is 6.43. The molecule has 1 saturated heterocycles. The van der Waals surface area contributed by atoms with Gasteiger partial charge in [0.05, 0.1) is 28.8 Å². The van der Waals surface area contributed by atoms with E-state index in [9.17, 15) is 9.59 Å². The predicted octanol–water partition coefficient (Wildman–Crippen LogP) is 4.98. The van der Waals surface area contributed by atoms with Gasteiger partial charge in [0, 0.05) is 44.7 Å². The maximum Gasteiger partial charge on any atom is 0.281 e. The van der Waals surface area contributed by atoms with Gasteiger partial charge in [-0.05, 0) is 80.7 Å². The first-order chi connectivity index (χ1) is 20.6. The quantitative estimate of drug-likeness (QED) is 0.229. The van der Waals surface area contributed by atoms with E-state index >= 15 is 0 Å². The van der Waals surface area contributed by atoms with Gasteiger partial charge in [-0.25, -0.2) is 9.97 Å². The fraction of sp³-hybridized carbons (Fsp3) is 0.452. The van der Waals surface area contributed by atoms with Gasteiger partial charge in [0.2, 0.25) is 5.95 Å². The number of aromatic nitrogens is 5. The molecule has 1 atom stereocenters. The molecule has 1 aliphatic carbocycles. The second-order valence-electron chi connectivity index (χ2n) is 12.0. The highest BCUT2D eigenvalue weighted by atomic mass is 35.5. The number of hydrogen-bond donors (Lipinski definition) is 2. The van der Waals surface area contributed by atoms with Crippen LogP contribution in [0.1, 0.15) is 65.1 Å². The largest absolute Gasteiger partial charge is 0.377 e. The van der Waals surface area contributed by atoms with Gasteiger partial charge in [0.1, 0.15) is 5.15 Å². The van der Waals surface area contributed by atoms with E-state index in [1.54, 1.807) is 23.0 Å². The first-order valence-electron chi connectivity index (χ1n) is 14.6. The van der Waals surface area contributed by atoms with Crippen LogP contribution in [0, 0.1) is 12.3 Å². The first-order valence-corrected chi connectivity index (χ1v) is 16.2. The summed E-state index contributed by atoms with van der Waals surface area (Å²) in [6.45, 7) is 5.67. The van der Waals surface area contributed by atoms with Crippen LogP contribution in [0.25, 0.3) is 10.9 Å². The fourth-order valence-corrected chi connectivity index (χ4v) is 7.22. The number of halogens is 1. The van der Waals surface area contributed by atoms with Gasteiger partial charge < -0.3 is 10.2 Å². The molecule has 3 aromatic heterocycles. The lowest BCUT2D eigenvalue weighted by Gasteiger charge is -2.44. The van der Waals surface area contributed by atoms with E-state index in [0.29, 0.717) is 22.5 Å². The Morgan fingerprint density at radius 3 is 2.65 bits per heavy atom. The Morgan fingerprint density at radius 1 is 1.14 bits per heavy atom. The molecule has 0 saturated carbocycles. The zero-order chi connectivity index (χ0) is 30.5. The van der Waals surface area contributed by atoms with Crippen LogP contribution in [0.3, 0.4) is 0 Å². The third kappa shape index (κ3) is 5.48. The third-order valence-electron chi connectivity index (χ3n) is 9.15. The van der Waals surface area contributed by atoms with Crippen LogP contribution < -0.4 is 20.5 Å². The Balaban J connectivity index is 1.31. The smallest absolute Gasteiger partial charge is 0.281 e. The minimum absolute atomic E-state index is 0.0664. The van der Waals surface area contributed by atoms with E-state index in [1.165, 1.54) is 29.6 Å². The van der Waals surface area contributed by atoms with Crippen LogP contribution >= 0.6 is 23.5 Å². The van der Waals surface area contributed by atoms with Gasteiger partial charge in [-0.1, -0.05) is 29.6 Å². The van der Waals surface area contributed by atoms with Crippen molar-refractivity contribution < 1.29 is 4.79 Å². The summed E-state index contributed by atoms with van der Waals surface area (Å²) in [4.78, 5) is 38.2. The zero-order valence-corrected chi connectivity index (χ0v) is 26.8. The van der Waals surface area contributed by atoms with E-state index in [1.807, 2.05) is 44.9 Å². The molecule has 0 bridgehead atoms. The Morgan fingerprint density at radius 2 is 1.91 bits per heavy atom. The summed E-state index contributed by atoms with van der Waals surface area (Å²) in [5.41, 5.74) is 6.21. The van der Waals surface area contributed by atoms with Gasteiger partial charge in [-0.2, -0.15) is 5.10 Å². The highest BCUT2D eigenvalue weighted by Gasteiger charge is 2.39. The summed E-state index contributed by atoms with van der Waals surface area (Å²) in [5, 5.41) is 8.74. The Kier molecular flexibility index (Phi) is 7.89. The van der Waals surface area contributed by atoms with Crippen molar-refractivity contribution in [3.8, 4) is 0 Å². The Labute approximate surface area is 260 Å². The monoisotopic (exact) mass is 620 g/mol. The van der Waals surface area contributed by atoms with Crippen molar-refractivity contribution in [1.82, 2.24) is 29.0 Å². The molecule has 2 N–H and O–H groups in total. The average molecular weight is 621 g/mol. The molecular formula is C31H37ClN8O2S. The van der Waals surface area contributed by atoms with Crippen molar-refractivity contribution >= 4 is 52.0 Å². The Hall–Kier alpha value is -3.57. The molecule has 1 aromatic carbocycles. The number of carbonyl (C=O) groups excluding carboxylic acids is 1. The lowest BCUT2D eigenvalue weighted by molar-refractivity contribution is 0.0980. The number of hydrogen-bond acceptors (Lipinski definition) is 8. The van der Waals surface area contributed by atoms with E-state index in [-0.39, 0.29) is 33.8 Å². The third-order valence-corrected chi connectivity index (χ3v) is 9.75. The first kappa shape index (κ1) is 29.5.